The molecule has 0 aromatic carbocycles. The van der Waals surface area contributed by atoms with Gasteiger partial charge in [-0.2, -0.15) is 8.42 Å². The smallest absolute Gasteiger partial charge is 0.327 e. The van der Waals surface area contributed by atoms with Gasteiger partial charge < -0.3 is 9.47 Å². The van der Waals surface area contributed by atoms with Crippen LogP contribution in [0.1, 0.15) is 46.0 Å². The van der Waals surface area contributed by atoms with Gasteiger partial charge >= 0.3 is 11.9 Å². The van der Waals surface area contributed by atoms with Crippen molar-refractivity contribution in [3.05, 3.63) is 0 Å². The van der Waals surface area contributed by atoms with Gasteiger partial charge in [-0.25, -0.2) is 0 Å². The van der Waals surface area contributed by atoms with E-state index in [-0.39, 0.29) is 13.2 Å². The first-order chi connectivity index (χ1) is 9.32. The molecule has 0 aromatic heterocycles. The number of hydrogen-bond donors (Lipinski definition) is 1. The van der Waals surface area contributed by atoms with Crippen LogP contribution in [0.15, 0.2) is 0 Å². The highest BCUT2D eigenvalue weighted by Gasteiger charge is 2.35. The van der Waals surface area contributed by atoms with Gasteiger partial charge in [0.25, 0.3) is 10.1 Å². The largest absolute Gasteiger partial charge is 0.466 e. The van der Waals surface area contributed by atoms with Crippen molar-refractivity contribution in [1.82, 2.24) is 0 Å². The third-order valence-corrected chi connectivity index (χ3v) is 3.60. The second-order valence-corrected chi connectivity index (χ2v) is 5.84. The molecule has 1 unspecified atom stereocenters. The van der Waals surface area contributed by atoms with Crippen molar-refractivity contribution in [2.45, 2.75) is 51.2 Å². The quantitative estimate of drug-likeness (QED) is 0.368. The van der Waals surface area contributed by atoms with E-state index >= 15 is 0 Å². The van der Waals surface area contributed by atoms with E-state index in [1.165, 1.54) is 6.92 Å². The molecule has 7 nitrogen and oxygen atoms in total. The van der Waals surface area contributed by atoms with Crippen molar-refractivity contribution in [1.29, 1.82) is 0 Å². The zero-order chi connectivity index (χ0) is 15.6. The van der Waals surface area contributed by atoms with Crippen LogP contribution in [-0.2, 0) is 29.2 Å². The highest BCUT2D eigenvalue weighted by molar-refractivity contribution is 7.87. The molecule has 0 saturated heterocycles. The standard InChI is InChI=1S/C12H22O7S/c1-3-5-6-7-8-19-11(13)9-10(20(15,16)17)12(14)18-4-2/h10H,3-9H2,1-2H3,(H,15,16,17). The van der Waals surface area contributed by atoms with Crippen LogP contribution in [-0.4, -0.2) is 43.4 Å². The molecule has 0 heterocycles. The summed E-state index contributed by atoms with van der Waals surface area (Å²) in [4.78, 5) is 22.8. The lowest BCUT2D eigenvalue weighted by molar-refractivity contribution is -0.149. The molecule has 0 radical (unpaired) electrons. The number of carbonyl (C=O) groups excluding carboxylic acids is 2. The van der Waals surface area contributed by atoms with Crippen molar-refractivity contribution < 1.29 is 32.0 Å². The van der Waals surface area contributed by atoms with Crippen LogP contribution >= 0.6 is 0 Å². The first-order valence-electron chi connectivity index (χ1n) is 6.61. The summed E-state index contributed by atoms with van der Waals surface area (Å²) in [6.45, 7) is 3.66. The molecule has 0 saturated carbocycles. The lowest BCUT2D eigenvalue weighted by Crippen LogP contribution is -2.34. The van der Waals surface area contributed by atoms with Crippen LogP contribution in [0.3, 0.4) is 0 Å². The molecule has 0 rings (SSSR count). The fourth-order valence-corrected chi connectivity index (χ4v) is 2.13. The SMILES string of the molecule is CCCCCCOC(=O)CC(C(=O)OCC)S(=O)(=O)O. The van der Waals surface area contributed by atoms with Crippen LogP contribution in [0.4, 0.5) is 0 Å². The maximum atomic E-state index is 11.4. The van der Waals surface area contributed by atoms with Crippen LogP contribution < -0.4 is 0 Å². The van der Waals surface area contributed by atoms with Crippen molar-refractivity contribution in [2.75, 3.05) is 13.2 Å². The lowest BCUT2D eigenvalue weighted by Gasteiger charge is -2.12. The van der Waals surface area contributed by atoms with E-state index < -0.39 is 33.7 Å². The maximum Gasteiger partial charge on any atom is 0.327 e. The van der Waals surface area contributed by atoms with Gasteiger partial charge in [-0.15, -0.1) is 0 Å². The molecule has 0 fully saturated rings. The number of hydrogen-bond acceptors (Lipinski definition) is 6. The van der Waals surface area contributed by atoms with Gasteiger partial charge in [-0.3, -0.25) is 14.1 Å². The molecule has 0 aliphatic carbocycles. The molecule has 0 aromatic rings. The van der Waals surface area contributed by atoms with E-state index in [4.69, 9.17) is 9.29 Å². The number of unbranched alkanes of at least 4 members (excludes halogenated alkanes) is 3. The van der Waals surface area contributed by atoms with Crippen molar-refractivity contribution in [3.63, 3.8) is 0 Å². The summed E-state index contributed by atoms with van der Waals surface area (Å²) in [5, 5.41) is -1.93. The van der Waals surface area contributed by atoms with Gasteiger partial charge in [0.15, 0.2) is 5.25 Å². The molecule has 0 bridgehead atoms. The van der Waals surface area contributed by atoms with Crippen molar-refractivity contribution in [2.24, 2.45) is 0 Å². The van der Waals surface area contributed by atoms with Gasteiger partial charge in [0.2, 0.25) is 0 Å². The predicted molar refractivity (Wildman–Crippen MR) is 71.7 cm³/mol. The Morgan fingerprint density at radius 2 is 1.75 bits per heavy atom. The molecule has 0 aliphatic heterocycles. The van der Waals surface area contributed by atoms with E-state index in [9.17, 15) is 18.0 Å². The number of carbonyl (C=O) groups is 2. The molecule has 1 N–H and O–H groups in total. The van der Waals surface area contributed by atoms with Gasteiger partial charge in [-0.1, -0.05) is 26.2 Å². The highest BCUT2D eigenvalue weighted by atomic mass is 32.2. The molecule has 0 amide bonds. The predicted octanol–water partition coefficient (Wildman–Crippen LogP) is 1.32. The van der Waals surface area contributed by atoms with E-state index in [1.807, 2.05) is 6.92 Å². The molecule has 1 atom stereocenters. The van der Waals surface area contributed by atoms with E-state index in [0.717, 1.165) is 19.3 Å². The van der Waals surface area contributed by atoms with E-state index in [2.05, 4.69) is 4.74 Å². The topological polar surface area (TPSA) is 107 Å². The summed E-state index contributed by atoms with van der Waals surface area (Å²) in [6, 6.07) is 0. The number of rotatable bonds is 10. The zero-order valence-corrected chi connectivity index (χ0v) is 12.6. The summed E-state index contributed by atoms with van der Waals surface area (Å²) in [6.07, 6.45) is 2.90. The minimum absolute atomic E-state index is 0.0447. The molecule has 0 spiro atoms. The average Bonchev–Trinajstić information content (AvgIpc) is 2.34. The van der Waals surface area contributed by atoms with Crippen molar-refractivity contribution in [3.8, 4) is 0 Å². The number of esters is 2. The first-order valence-corrected chi connectivity index (χ1v) is 8.11. The Bertz CT molecular complexity index is 402. The average molecular weight is 310 g/mol. The van der Waals surface area contributed by atoms with Crippen LogP contribution in [0.2, 0.25) is 0 Å². The highest BCUT2D eigenvalue weighted by Crippen LogP contribution is 2.09. The maximum absolute atomic E-state index is 11.4. The molecule has 20 heavy (non-hydrogen) atoms. The third-order valence-electron chi connectivity index (χ3n) is 2.52. The fraction of sp³-hybridized carbons (Fsp3) is 0.833. The Morgan fingerprint density at radius 3 is 2.25 bits per heavy atom. The molecular weight excluding hydrogens is 288 g/mol. The molecule has 0 aliphatic rings. The van der Waals surface area contributed by atoms with Gasteiger partial charge in [0, 0.05) is 0 Å². The Morgan fingerprint density at radius 1 is 1.10 bits per heavy atom. The van der Waals surface area contributed by atoms with Crippen molar-refractivity contribution >= 4 is 22.1 Å². The zero-order valence-electron chi connectivity index (χ0n) is 11.8. The van der Waals surface area contributed by atoms with Crippen LogP contribution in [0.25, 0.3) is 0 Å². The second kappa shape index (κ2) is 9.71. The summed E-state index contributed by atoms with van der Waals surface area (Å²) in [5.74, 6) is -2.00. The third kappa shape index (κ3) is 8.11. The first kappa shape index (κ1) is 18.9. The van der Waals surface area contributed by atoms with E-state index in [0.29, 0.717) is 6.42 Å². The minimum atomic E-state index is -4.70. The minimum Gasteiger partial charge on any atom is -0.466 e. The fourth-order valence-electron chi connectivity index (χ4n) is 1.47. The Kier molecular flexibility index (Phi) is 9.15. The second-order valence-electron chi connectivity index (χ2n) is 4.24. The van der Waals surface area contributed by atoms with E-state index in [1.54, 1.807) is 0 Å². The summed E-state index contributed by atoms with van der Waals surface area (Å²) in [7, 11) is -4.70. The molecule has 8 heteroatoms. The summed E-state index contributed by atoms with van der Waals surface area (Å²) in [5.41, 5.74) is 0. The molecular formula is C12H22O7S. The monoisotopic (exact) mass is 310 g/mol. The Hall–Kier alpha value is -1.15. The molecule has 118 valence electrons. The summed E-state index contributed by atoms with van der Waals surface area (Å²) < 4.78 is 40.3. The van der Waals surface area contributed by atoms with Gasteiger partial charge in [0.05, 0.1) is 19.6 Å². The lowest BCUT2D eigenvalue weighted by atomic mass is 10.2. The van der Waals surface area contributed by atoms with Gasteiger partial charge in [-0.05, 0) is 13.3 Å². The number of ether oxygens (including phenoxy) is 2. The summed E-state index contributed by atoms with van der Waals surface area (Å²) >= 11 is 0. The van der Waals surface area contributed by atoms with Crippen LogP contribution in [0.5, 0.6) is 0 Å². The van der Waals surface area contributed by atoms with Crippen LogP contribution in [0, 0.1) is 0 Å². The Labute approximate surface area is 119 Å². The Balaban J connectivity index is 4.31. The van der Waals surface area contributed by atoms with Gasteiger partial charge in [0.1, 0.15) is 0 Å². The normalized spacial score (nSPS) is 12.8.